The van der Waals surface area contributed by atoms with Gasteiger partial charge in [0.1, 0.15) is 0 Å². The minimum atomic E-state index is -4.21. The van der Waals surface area contributed by atoms with Crippen LogP contribution in [0.2, 0.25) is 0 Å². The van der Waals surface area contributed by atoms with Gasteiger partial charge in [-0.05, 0) is 31.2 Å². The third kappa shape index (κ3) is 2.09. The fourth-order valence-electron chi connectivity index (χ4n) is 4.67. The van der Waals surface area contributed by atoms with Crippen molar-refractivity contribution in [3.05, 3.63) is 46.9 Å². The van der Waals surface area contributed by atoms with Crippen molar-refractivity contribution in [2.75, 3.05) is 18.0 Å². The lowest BCUT2D eigenvalue weighted by molar-refractivity contribution is -0.168. The molecule has 25 heavy (non-hydrogen) atoms. The Morgan fingerprint density at radius 1 is 1.12 bits per heavy atom. The summed E-state index contributed by atoms with van der Waals surface area (Å²) in [7, 11) is 0. The van der Waals surface area contributed by atoms with Crippen molar-refractivity contribution in [1.29, 1.82) is 0 Å². The number of anilines is 1. The number of benzene rings is 1. The van der Waals surface area contributed by atoms with Crippen LogP contribution >= 0.6 is 0 Å². The lowest BCUT2D eigenvalue weighted by atomic mass is 9.88. The molecule has 0 amide bonds. The standard InChI is InChI=1S/C19H18F3N3/c20-19(21,22)14-5-2-6-15-18(14)25-9-7-12-3-1-4-13(17(12)25)16-11-23-8-10-24(15)16/h1,3-4,8,11,14H,2,5-7,9-10H2. The zero-order valence-electron chi connectivity index (χ0n) is 13.7. The lowest BCUT2D eigenvalue weighted by Gasteiger charge is -2.38. The largest absolute Gasteiger partial charge is 0.397 e. The molecule has 0 bridgehead atoms. The normalized spacial score (nSPS) is 24.6. The van der Waals surface area contributed by atoms with Crippen LogP contribution in [0.3, 0.4) is 0 Å². The highest BCUT2D eigenvalue weighted by molar-refractivity contribution is 5.86. The van der Waals surface area contributed by atoms with Crippen molar-refractivity contribution in [3.63, 3.8) is 0 Å². The monoisotopic (exact) mass is 345 g/mol. The number of hydrogen-bond donors (Lipinski definition) is 0. The van der Waals surface area contributed by atoms with Crippen LogP contribution in [-0.2, 0) is 6.42 Å². The van der Waals surface area contributed by atoms with Gasteiger partial charge in [-0.2, -0.15) is 13.2 Å². The first-order valence-electron chi connectivity index (χ1n) is 8.74. The van der Waals surface area contributed by atoms with Crippen LogP contribution in [0, 0.1) is 5.92 Å². The highest BCUT2D eigenvalue weighted by Gasteiger charge is 2.49. The predicted molar refractivity (Wildman–Crippen MR) is 91.1 cm³/mol. The fraction of sp³-hybridized carbons (Fsp3) is 0.421. The molecule has 1 aromatic rings. The number of allylic oxidation sites excluding steroid dienone is 2. The van der Waals surface area contributed by atoms with Crippen molar-refractivity contribution in [2.24, 2.45) is 10.9 Å². The van der Waals surface area contributed by atoms with Gasteiger partial charge in [-0.1, -0.05) is 18.2 Å². The molecule has 130 valence electrons. The van der Waals surface area contributed by atoms with Gasteiger partial charge in [-0.15, -0.1) is 0 Å². The molecule has 1 unspecified atom stereocenters. The van der Waals surface area contributed by atoms with Crippen molar-refractivity contribution in [3.8, 4) is 0 Å². The summed E-state index contributed by atoms with van der Waals surface area (Å²) in [5.74, 6) is -1.38. The minimum Gasteiger partial charge on any atom is -0.342 e. The van der Waals surface area contributed by atoms with Gasteiger partial charge in [0.2, 0.25) is 0 Å². The number of para-hydroxylation sites is 1. The zero-order valence-corrected chi connectivity index (χ0v) is 13.7. The molecule has 3 nitrogen and oxygen atoms in total. The number of aliphatic imine (C=N–C) groups is 1. The second kappa shape index (κ2) is 5.13. The third-order valence-electron chi connectivity index (χ3n) is 5.67. The quantitative estimate of drug-likeness (QED) is 0.697. The average Bonchev–Trinajstić information content (AvgIpc) is 2.99. The Balaban J connectivity index is 1.80. The van der Waals surface area contributed by atoms with Gasteiger partial charge in [0.25, 0.3) is 0 Å². The van der Waals surface area contributed by atoms with Crippen LogP contribution in [0.1, 0.15) is 30.4 Å². The summed E-state index contributed by atoms with van der Waals surface area (Å²) in [4.78, 5) is 8.30. The van der Waals surface area contributed by atoms with Crippen LogP contribution in [0.15, 0.2) is 40.8 Å². The van der Waals surface area contributed by atoms with Gasteiger partial charge in [0.05, 0.1) is 30.0 Å². The van der Waals surface area contributed by atoms with Gasteiger partial charge in [0.15, 0.2) is 0 Å². The van der Waals surface area contributed by atoms with Crippen molar-refractivity contribution >= 4 is 17.6 Å². The van der Waals surface area contributed by atoms with Gasteiger partial charge < -0.3 is 9.80 Å². The van der Waals surface area contributed by atoms with E-state index in [1.54, 1.807) is 12.4 Å². The van der Waals surface area contributed by atoms with E-state index in [1.165, 1.54) is 0 Å². The Bertz CT molecular complexity index is 835. The van der Waals surface area contributed by atoms with Crippen LogP contribution in [0.25, 0.3) is 5.70 Å². The van der Waals surface area contributed by atoms with Crippen LogP contribution < -0.4 is 4.90 Å². The van der Waals surface area contributed by atoms with E-state index in [0.717, 1.165) is 34.6 Å². The predicted octanol–water partition coefficient (Wildman–Crippen LogP) is 4.32. The molecule has 3 heterocycles. The molecule has 0 saturated carbocycles. The molecular weight excluding hydrogens is 327 g/mol. The van der Waals surface area contributed by atoms with E-state index in [1.807, 2.05) is 28.0 Å². The number of hydrogen-bond acceptors (Lipinski definition) is 3. The van der Waals surface area contributed by atoms with Crippen LogP contribution in [0.5, 0.6) is 0 Å². The van der Waals surface area contributed by atoms with Gasteiger partial charge in [-0.3, -0.25) is 4.99 Å². The number of rotatable bonds is 0. The highest BCUT2D eigenvalue weighted by atomic mass is 19.4. The first kappa shape index (κ1) is 15.0. The number of halogens is 3. The highest BCUT2D eigenvalue weighted by Crippen LogP contribution is 2.51. The SMILES string of the molecule is FC(F)(F)C1CCCC2=C1N1CCc3cccc(c31)C1=CN=CCN12. The van der Waals surface area contributed by atoms with E-state index >= 15 is 0 Å². The van der Waals surface area contributed by atoms with Gasteiger partial charge in [0, 0.05) is 29.7 Å². The van der Waals surface area contributed by atoms with Crippen molar-refractivity contribution in [2.45, 2.75) is 31.9 Å². The summed E-state index contributed by atoms with van der Waals surface area (Å²) >= 11 is 0. The Morgan fingerprint density at radius 3 is 2.84 bits per heavy atom. The Labute approximate surface area is 144 Å². The van der Waals surface area contributed by atoms with Crippen molar-refractivity contribution in [1.82, 2.24) is 4.90 Å². The third-order valence-corrected chi connectivity index (χ3v) is 5.67. The molecule has 1 atom stereocenters. The molecule has 0 fully saturated rings. The average molecular weight is 345 g/mol. The molecule has 1 aromatic carbocycles. The summed E-state index contributed by atoms with van der Waals surface area (Å²) in [6, 6.07) is 6.05. The molecular formula is C19H18F3N3. The molecule has 1 aliphatic carbocycles. The maximum atomic E-state index is 13.9. The Morgan fingerprint density at radius 2 is 2.00 bits per heavy atom. The molecule has 5 rings (SSSR count). The summed E-state index contributed by atoms with van der Waals surface area (Å²) < 4.78 is 41.6. The van der Waals surface area contributed by atoms with Crippen LogP contribution in [-0.4, -0.2) is 30.4 Å². The number of fused-ring (bicyclic) bond motifs is 4. The molecule has 0 spiro atoms. The maximum absolute atomic E-state index is 13.9. The second-order valence-electron chi connectivity index (χ2n) is 6.99. The second-order valence-corrected chi connectivity index (χ2v) is 6.99. The van der Waals surface area contributed by atoms with E-state index in [-0.39, 0.29) is 6.42 Å². The summed E-state index contributed by atoms with van der Waals surface area (Å²) in [6.07, 6.45) is 1.59. The number of alkyl halides is 3. The molecule has 0 saturated heterocycles. The van der Waals surface area contributed by atoms with E-state index in [9.17, 15) is 13.2 Å². The summed E-state index contributed by atoms with van der Waals surface area (Å²) in [5.41, 5.74) is 5.32. The molecule has 0 aromatic heterocycles. The van der Waals surface area contributed by atoms with Gasteiger partial charge in [-0.25, -0.2) is 0 Å². The smallest absolute Gasteiger partial charge is 0.342 e. The molecule has 4 aliphatic rings. The van der Waals surface area contributed by atoms with Crippen LogP contribution in [0.4, 0.5) is 18.9 Å². The van der Waals surface area contributed by atoms with E-state index in [0.29, 0.717) is 31.6 Å². The first-order valence-corrected chi connectivity index (χ1v) is 8.74. The maximum Gasteiger partial charge on any atom is 0.397 e. The molecule has 0 radical (unpaired) electrons. The van der Waals surface area contributed by atoms with E-state index < -0.39 is 12.1 Å². The van der Waals surface area contributed by atoms with E-state index in [2.05, 4.69) is 4.99 Å². The lowest BCUT2D eigenvalue weighted by Crippen LogP contribution is -2.39. The molecule has 3 aliphatic heterocycles. The molecule has 6 heteroatoms. The first-order chi connectivity index (χ1) is 12.1. The van der Waals surface area contributed by atoms with Crippen molar-refractivity contribution < 1.29 is 13.2 Å². The topological polar surface area (TPSA) is 18.8 Å². The molecule has 0 N–H and O–H groups in total. The minimum absolute atomic E-state index is 0.178. The zero-order chi connectivity index (χ0) is 17.2. The summed E-state index contributed by atoms with van der Waals surface area (Å²) in [5, 5.41) is 0. The number of nitrogens with zero attached hydrogens (tertiary/aromatic N) is 3. The summed E-state index contributed by atoms with van der Waals surface area (Å²) in [6.45, 7) is 1.16. The Kier molecular flexibility index (Phi) is 3.09. The Hall–Kier alpha value is -2.24. The van der Waals surface area contributed by atoms with Gasteiger partial charge >= 0.3 is 6.18 Å². The van der Waals surface area contributed by atoms with E-state index in [4.69, 9.17) is 0 Å². The fourth-order valence-corrected chi connectivity index (χ4v) is 4.67.